The minimum absolute atomic E-state index is 0.136. The predicted octanol–water partition coefficient (Wildman–Crippen LogP) is 1.60. The van der Waals surface area contributed by atoms with Gasteiger partial charge in [0, 0.05) is 19.2 Å². The standard InChI is InChI=1S/C19H24N6O5S/c1-12-5-4-8-24(11-12)31(27,28)15-6-7-16-17(10-15)25(23-21-16)30-14(3)19(26)20-18-9-13(2)29-22-18/h6-7,9-10,12,14H,4-5,8,11H2,1-3H3,(H,20,22,26). The fraction of sp³-hybridized carbons (Fsp3) is 0.474. The second kappa shape index (κ2) is 8.27. The molecule has 1 fully saturated rings. The molecular formula is C19H24N6O5S. The molecule has 1 aliphatic heterocycles. The van der Waals surface area contributed by atoms with Gasteiger partial charge in [0.1, 0.15) is 16.8 Å². The average Bonchev–Trinajstić information content (AvgIpc) is 3.33. The molecule has 11 nitrogen and oxygen atoms in total. The number of aromatic nitrogens is 4. The number of amides is 1. The molecule has 0 radical (unpaired) electrons. The van der Waals surface area contributed by atoms with E-state index in [1.165, 1.54) is 23.4 Å². The van der Waals surface area contributed by atoms with Crippen molar-refractivity contribution >= 4 is 32.8 Å². The number of hydrogen-bond acceptors (Lipinski definition) is 8. The molecule has 3 aromatic rings. The monoisotopic (exact) mass is 448 g/mol. The lowest BCUT2D eigenvalue weighted by Gasteiger charge is -2.30. The maximum Gasteiger partial charge on any atom is 0.269 e. The van der Waals surface area contributed by atoms with Crippen molar-refractivity contribution < 1.29 is 22.6 Å². The number of anilines is 1. The number of aryl methyl sites for hydroxylation is 1. The minimum atomic E-state index is -3.65. The van der Waals surface area contributed by atoms with E-state index in [0.29, 0.717) is 35.8 Å². The number of nitrogens with one attached hydrogen (secondary N) is 1. The first-order valence-corrected chi connectivity index (χ1v) is 11.4. The summed E-state index contributed by atoms with van der Waals surface area (Å²) in [4.78, 5) is 19.2. The molecule has 0 bridgehead atoms. The largest absolute Gasteiger partial charge is 0.382 e. The fourth-order valence-corrected chi connectivity index (χ4v) is 5.10. The number of rotatable bonds is 6. The Morgan fingerprint density at radius 3 is 2.87 bits per heavy atom. The highest BCUT2D eigenvalue weighted by atomic mass is 32.2. The van der Waals surface area contributed by atoms with Crippen LogP contribution in [0, 0.1) is 12.8 Å². The number of sulfonamides is 1. The van der Waals surface area contributed by atoms with Crippen LogP contribution in [0.3, 0.4) is 0 Å². The molecule has 0 spiro atoms. The van der Waals surface area contributed by atoms with E-state index >= 15 is 0 Å². The molecule has 1 saturated heterocycles. The molecule has 12 heteroatoms. The number of benzene rings is 1. The van der Waals surface area contributed by atoms with E-state index in [-0.39, 0.29) is 10.7 Å². The Hall–Kier alpha value is -2.99. The highest BCUT2D eigenvalue weighted by Crippen LogP contribution is 2.25. The number of carbonyl (C=O) groups is 1. The maximum atomic E-state index is 13.1. The van der Waals surface area contributed by atoms with Crippen LogP contribution in [0.25, 0.3) is 11.0 Å². The van der Waals surface area contributed by atoms with E-state index in [2.05, 4.69) is 20.8 Å². The van der Waals surface area contributed by atoms with E-state index < -0.39 is 22.0 Å². The van der Waals surface area contributed by atoms with Gasteiger partial charge in [-0.2, -0.15) is 4.31 Å². The Balaban J connectivity index is 1.54. The Labute approximate surface area is 179 Å². The second-order valence-electron chi connectivity index (χ2n) is 7.78. The average molecular weight is 449 g/mol. The lowest BCUT2D eigenvalue weighted by Crippen LogP contribution is -2.39. The van der Waals surface area contributed by atoms with Crippen molar-refractivity contribution in [2.75, 3.05) is 18.4 Å². The van der Waals surface area contributed by atoms with E-state index in [9.17, 15) is 13.2 Å². The van der Waals surface area contributed by atoms with Crippen LogP contribution >= 0.6 is 0 Å². The molecule has 2 unspecified atom stereocenters. The number of carbonyl (C=O) groups excluding carboxylic acids is 1. The van der Waals surface area contributed by atoms with Crippen LogP contribution in [0.4, 0.5) is 5.82 Å². The molecule has 3 heterocycles. The van der Waals surface area contributed by atoms with Gasteiger partial charge in [0.15, 0.2) is 5.82 Å². The highest BCUT2D eigenvalue weighted by molar-refractivity contribution is 7.89. The zero-order valence-corrected chi connectivity index (χ0v) is 18.3. The minimum Gasteiger partial charge on any atom is -0.382 e. The summed E-state index contributed by atoms with van der Waals surface area (Å²) in [5.74, 6) is 0.673. The summed E-state index contributed by atoms with van der Waals surface area (Å²) < 4.78 is 32.6. The summed E-state index contributed by atoms with van der Waals surface area (Å²) in [6.45, 7) is 6.28. The Morgan fingerprint density at radius 1 is 1.35 bits per heavy atom. The van der Waals surface area contributed by atoms with Gasteiger partial charge in [0.05, 0.1) is 4.90 Å². The summed E-state index contributed by atoms with van der Waals surface area (Å²) >= 11 is 0. The smallest absolute Gasteiger partial charge is 0.269 e. The molecule has 1 aromatic carbocycles. The van der Waals surface area contributed by atoms with Crippen molar-refractivity contribution in [1.29, 1.82) is 0 Å². The van der Waals surface area contributed by atoms with E-state index in [1.54, 1.807) is 19.1 Å². The molecule has 1 aliphatic rings. The molecule has 1 amide bonds. The third-order valence-corrected chi connectivity index (χ3v) is 7.01. The molecule has 31 heavy (non-hydrogen) atoms. The molecular weight excluding hydrogens is 424 g/mol. The van der Waals surface area contributed by atoms with Gasteiger partial charge in [0.2, 0.25) is 16.1 Å². The molecule has 1 N–H and O–H groups in total. The summed E-state index contributed by atoms with van der Waals surface area (Å²) in [6, 6.07) is 6.13. The first-order chi connectivity index (χ1) is 14.7. The molecule has 4 rings (SSSR count). The van der Waals surface area contributed by atoms with Crippen LogP contribution in [0.15, 0.2) is 33.7 Å². The van der Waals surface area contributed by atoms with Crippen LogP contribution in [0.1, 0.15) is 32.4 Å². The van der Waals surface area contributed by atoms with Crippen LogP contribution in [-0.4, -0.2) is 58.1 Å². The first-order valence-electron chi connectivity index (χ1n) is 10.0. The topological polar surface area (TPSA) is 132 Å². The van der Waals surface area contributed by atoms with Crippen LogP contribution < -0.4 is 10.2 Å². The van der Waals surface area contributed by atoms with Gasteiger partial charge < -0.3 is 14.7 Å². The Morgan fingerprint density at radius 2 is 2.16 bits per heavy atom. The van der Waals surface area contributed by atoms with Crippen molar-refractivity contribution in [3.8, 4) is 0 Å². The van der Waals surface area contributed by atoms with Crippen LogP contribution in [0.2, 0.25) is 0 Å². The lowest BCUT2D eigenvalue weighted by atomic mass is 10.0. The van der Waals surface area contributed by atoms with E-state index in [1.807, 2.05) is 6.92 Å². The van der Waals surface area contributed by atoms with Gasteiger partial charge in [0.25, 0.3) is 5.91 Å². The lowest BCUT2D eigenvalue weighted by molar-refractivity contribution is -0.127. The summed E-state index contributed by atoms with van der Waals surface area (Å²) in [5, 5.41) is 14.2. The summed E-state index contributed by atoms with van der Waals surface area (Å²) in [7, 11) is -3.65. The van der Waals surface area contributed by atoms with E-state index in [0.717, 1.165) is 17.7 Å². The van der Waals surface area contributed by atoms with Crippen molar-refractivity contribution in [3.05, 3.63) is 30.0 Å². The van der Waals surface area contributed by atoms with Gasteiger partial charge in [-0.25, -0.2) is 8.42 Å². The zero-order chi connectivity index (χ0) is 22.2. The first kappa shape index (κ1) is 21.2. The maximum absolute atomic E-state index is 13.1. The van der Waals surface area contributed by atoms with Gasteiger partial charge in [-0.3, -0.25) is 4.79 Å². The molecule has 166 valence electrons. The van der Waals surface area contributed by atoms with Crippen LogP contribution in [0.5, 0.6) is 0 Å². The van der Waals surface area contributed by atoms with Crippen LogP contribution in [-0.2, 0) is 14.8 Å². The molecule has 2 aromatic heterocycles. The zero-order valence-electron chi connectivity index (χ0n) is 17.5. The number of piperidine rings is 1. The van der Waals surface area contributed by atoms with Gasteiger partial charge in [-0.15, -0.1) is 5.10 Å². The third kappa shape index (κ3) is 4.39. The molecule has 0 aliphatic carbocycles. The molecule has 0 saturated carbocycles. The quantitative estimate of drug-likeness (QED) is 0.601. The number of fused-ring (bicyclic) bond motifs is 1. The predicted molar refractivity (Wildman–Crippen MR) is 111 cm³/mol. The van der Waals surface area contributed by atoms with Crippen molar-refractivity contribution in [2.24, 2.45) is 5.92 Å². The number of nitrogens with zero attached hydrogens (tertiary/aromatic N) is 5. The SMILES string of the molecule is Cc1cc(NC(=O)C(C)On2nnc3ccc(S(=O)(=O)N4CCCC(C)C4)cc32)no1. The van der Waals surface area contributed by atoms with Crippen molar-refractivity contribution in [2.45, 2.75) is 44.6 Å². The van der Waals surface area contributed by atoms with Crippen molar-refractivity contribution in [3.63, 3.8) is 0 Å². The van der Waals surface area contributed by atoms with Gasteiger partial charge in [-0.05, 0) is 56.0 Å². The molecule has 2 atom stereocenters. The summed E-state index contributed by atoms with van der Waals surface area (Å²) in [5.41, 5.74) is 0.800. The number of hydrogen-bond donors (Lipinski definition) is 1. The fourth-order valence-electron chi connectivity index (χ4n) is 3.48. The second-order valence-corrected chi connectivity index (χ2v) is 9.72. The van der Waals surface area contributed by atoms with E-state index in [4.69, 9.17) is 9.36 Å². The Bertz CT molecular complexity index is 1200. The Kier molecular flexibility index (Phi) is 5.67. The normalized spacial score (nSPS) is 18.7. The van der Waals surface area contributed by atoms with Crippen molar-refractivity contribution in [1.82, 2.24) is 24.6 Å². The highest BCUT2D eigenvalue weighted by Gasteiger charge is 2.29. The summed E-state index contributed by atoms with van der Waals surface area (Å²) in [6.07, 6.45) is 0.900. The van der Waals surface area contributed by atoms with Gasteiger partial charge >= 0.3 is 0 Å². The third-order valence-electron chi connectivity index (χ3n) is 5.15. The van der Waals surface area contributed by atoms with Gasteiger partial charge in [-0.1, -0.05) is 16.9 Å².